The summed E-state index contributed by atoms with van der Waals surface area (Å²) in [7, 11) is 1.80. The van der Waals surface area contributed by atoms with E-state index in [1.54, 1.807) is 11.9 Å². The van der Waals surface area contributed by atoms with Crippen LogP contribution in [0.2, 0.25) is 0 Å². The predicted octanol–water partition coefficient (Wildman–Crippen LogP) is 2.68. The Morgan fingerprint density at radius 3 is 2.59 bits per heavy atom. The van der Waals surface area contributed by atoms with Gasteiger partial charge in [0.15, 0.2) is 0 Å². The molecule has 0 saturated heterocycles. The Balaban J connectivity index is 2.21. The van der Waals surface area contributed by atoms with E-state index >= 15 is 0 Å². The van der Waals surface area contributed by atoms with Gasteiger partial charge in [-0.25, -0.2) is 0 Å². The number of carbonyl (C=O) groups excluding carboxylic acids is 2. The zero-order valence-electron chi connectivity index (χ0n) is 13.3. The van der Waals surface area contributed by atoms with Gasteiger partial charge in [-0.2, -0.15) is 0 Å². The van der Waals surface area contributed by atoms with Gasteiger partial charge in [0.2, 0.25) is 11.8 Å². The van der Waals surface area contributed by atoms with Crippen LogP contribution in [-0.4, -0.2) is 30.3 Å². The first-order valence-corrected chi connectivity index (χ1v) is 7.82. The minimum absolute atomic E-state index is 0.0213. The second kappa shape index (κ2) is 7.78. The number of benzene rings is 1. The number of nitrogens with one attached hydrogen (secondary N) is 1. The van der Waals surface area contributed by atoms with Crippen LogP contribution in [0, 0.1) is 5.92 Å². The number of carbonyl (C=O) groups is 2. The molecule has 1 aromatic rings. The van der Waals surface area contributed by atoms with E-state index in [-0.39, 0.29) is 23.8 Å². The third kappa shape index (κ3) is 4.45. The van der Waals surface area contributed by atoms with E-state index in [4.69, 9.17) is 0 Å². The molecule has 0 aliphatic carbocycles. The summed E-state index contributed by atoms with van der Waals surface area (Å²) in [6.45, 7) is 2.44. The van der Waals surface area contributed by atoms with Crippen molar-refractivity contribution >= 4 is 11.8 Å². The second-order valence-corrected chi connectivity index (χ2v) is 5.90. The molecule has 1 aliphatic rings. The van der Waals surface area contributed by atoms with Crippen molar-refractivity contribution in [2.24, 2.45) is 5.92 Å². The minimum Gasteiger partial charge on any atom is -0.347 e. The van der Waals surface area contributed by atoms with Gasteiger partial charge in [0.1, 0.15) is 0 Å². The fourth-order valence-electron chi connectivity index (χ4n) is 2.66. The van der Waals surface area contributed by atoms with Crippen molar-refractivity contribution in [3.8, 4) is 0 Å². The summed E-state index contributed by atoms with van der Waals surface area (Å²) >= 11 is 0. The molecule has 0 fully saturated rings. The Morgan fingerprint density at radius 1 is 1.14 bits per heavy atom. The van der Waals surface area contributed by atoms with E-state index in [0.29, 0.717) is 19.4 Å². The Kier molecular flexibility index (Phi) is 5.75. The van der Waals surface area contributed by atoms with Crippen LogP contribution in [0.25, 0.3) is 0 Å². The van der Waals surface area contributed by atoms with Gasteiger partial charge in [-0.05, 0) is 18.4 Å². The highest BCUT2D eigenvalue weighted by molar-refractivity contribution is 5.79. The van der Waals surface area contributed by atoms with Crippen LogP contribution >= 0.6 is 0 Å². The Morgan fingerprint density at radius 2 is 1.86 bits per heavy atom. The first-order valence-electron chi connectivity index (χ1n) is 7.82. The van der Waals surface area contributed by atoms with Gasteiger partial charge in [-0.3, -0.25) is 9.59 Å². The minimum atomic E-state index is -0.168. The number of hydrogen-bond acceptors (Lipinski definition) is 2. The lowest BCUT2D eigenvalue weighted by atomic mass is 10.0. The summed E-state index contributed by atoms with van der Waals surface area (Å²) in [5.41, 5.74) is 1.02. The molecule has 1 aromatic carbocycles. The van der Waals surface area contributed by atoms with Crippen molar-refractivity contribution in [1.29, 1.82) is 0 Å². The highest BCUT2D eigenvalue weighted by atomic mass is 16.2. The molecule has 0 spiro atoms. The van der Waals surface area contributed by atoms with Gasteiger partial charge in [-0.1, -0.05) is 49.4 Å². The molecule has 0 bridgehead atoms. The number of allylic oxidation sites excluding steroid dienone is 2. The monoisotopic (exact) mass is 300 g/mol. The van der Waals surface area contributed by atoms with Crippen molar-refractivity contribution in [1.82, 2.24) is 10.2 Å². The highest BCUT2D eigenvalue weighted by Crippen LogP contribution is 2.17. The molecule has 0 saturated carbocycles. The predicted molar refractivity (Wildman–Crippen MR) is 87.1 cm³/mol. The number of hydrogen-bond donors (Lipinski definition) is 1. The normalized spacial score (nSPS) is 25.8. The molecule has 1 heterocycles. The average molecular weight is 300 g/mol. The lowest BCUT2D eigenvalue weighted by molar-refractivity contribution is -0.134. The van der Waals surface area contributed by atoms with Gasteiger partial charge in [0, 0.05) is 25.9 Å². The topological polar surface area (TPSA) is 49.4 Å². The van der Waals surface area contributed by atoms with Crippen LogP contribution in [0.15, 0.2) is 42.5 Å². The van der Waals surface area contributed by atoms with Crippen molar-refractivity contribution in [2.45, 2.75) is 32.2 Å². The Hall–Kier alpha value is -2.10. The fraction of sp³-hybridized carbons (Fsp3) is 0.444. The van der Waals surface area contributed by atoms with Gasteiger partial charge in [0.25, 0.3) is 0 Å². The van der Waals surface area contributed by atoms with Gasteiger partial charge in [-0.15, -0.1) is 0 Å². The summed E-state index contributed by atoms with van der Waals surface area (Å²) < 4.78 is 0. The molecule has 0 radical (unpaired) electrons. The molecule has 22 heavy (non-hydrogen) atoms. The molecular formula is C18H24N2O2. The Bertz CT molecular complexity index is 539. The molecule has 118 valence electrons. The summed E-state index contributed by atoms with van der Waals surface area (Å²) in [4.78, 5) is 26.2. The lowest BCUT2D eigenvalue weighted by Crippen LogP contribution is -2.40. The van der Waals surface area contributed by atoms with Gasteiger partial charge < -0.3 is 10.2 Å². The van der Waals surface area contributed by atoms with Gasteiger partial charge in [0.05, 0.1) is 6.04 Å². The molecule has 2 atom stereocenters. The highest BCUT2D eigenvalue weighted by Gasteiger charge is 2.22. The van der Waals surface area contributed by atoms with Crippen molar-refractivity contribution in [2.75, 3.05) is 13.6 Å². The molecule has 2 amide bonds. The first kappa shape index (κ1) is 16.3. The smallest absolute Gasteiger partial charge is 0.225 e. The zero-order chi connectivity index (χ0) is 15.9. The third-order valence-corrected chi connectivity index (χ3v) is 3.99. The summed E-state index contributed by atoms with van der Waals surface area (Å²) in [6, 6.07) is 9.65. The van der Waals surface area contributed by atoms with E-state index in [1.807, 2.05) is 49.4 Å². The van der Waals surface area contributed by atoms with Crippen LogP contribution in [-0.2, 0) is 9.59 Å². The summed E-state index contributed by atoms with van der Waals surface area (Å²) in [5.74, 6) is 0.0983. The maximum Gasteiger partial charge on any atom is 0.225 e. The van der Waals surface area contributed by atoms with E-state index in [0.717, 1.165) is 12.0 Å². The van der Waals surface area contributed by atoms with E-state index in [1.165, 1.54) is 0 Å². The SMILES string of the molecule is C[C@@H]1C/C=C/CCC(=O)NC(c2ccccc2)CN(C)C1=O. The fourth-order valence-corrected chi connectivity index (χ4v) is 2.66. The van der Waals surface area contributed by atoms with Crippen LogP contribution in [0.5, 0.6) is 0 Å². The molecular weight excluding hydrogens is 276 g/mol. The number of likely N-dealkylation sites (N-methyl/N-ethyl adjacent to an activating group) is 1. The van der Waals surface area contributed by atoms with Crippen molar-refractivity contribution in [3.63, 3.8) is 0 Å². The number of nitrogens with zero attached hydrogens (tertiary/aromatic N) is 1. The van der Waals surface area contributed by atoms with E-state index in [2.05, 4.69) is 5.32 Å². The quantitative estimate of drug-likeness (QED) is 0.811. The van der Waals surface area contributed by atoms with Gasteiger partial charge >= 0.3 is 0 Å². The van der Waals surface area contributed by atoms with E-state index in [9.17, 15) is 9.59 Å². The average Bonchev–Trinajstić information content (AvgIpc) is 2.52. The first-order chi connectivity index (χ1) is 10.6. The molecule has 1 N–H and O–H groups in total. The number of rotatable bonds is 1. The molecule has 4 heteroatoms. The largest absolute Gasteiger partial charge is 0.347 e. The Labute approximate surface area is 132 Å². The molecule has 1 aliphatic heterocycles. The van der Waals surface area contributed by atoms with Crippen LogP contribution in [0.4, 0.5) is 0 Å². The third-order valence-electron chi connectivity index (χ3n) is 3.99. The molecule has 4 nitrogen and oxygen atoms in total. The molecule has 0 aromatic heterocycles. The van der Waals surface area contributed by atoms with Crippen LogP contribution < -0.4 is 5.32 Å². The van der Waals surface area contributed by atoms with Crippen LogP contribution in [0.3, 0.4) is 0 Å². The maximum atomic E-state index is 12.4. The van der Waals surface area contributed by atoms with Crippen molar-refractivity contribution in [3.05, 3.63) is 48.0 Å². The second-order valence-electron chi connectivity index (χ2n) is 5.90. The van der Waals surface area contributed by atoms with Crippen molar-refractivity contribution < 1.29 is 9.59 Å². The van der Waals surface area contributed by atoms with E-state index < -0.39 is 0 Å². The van der Waals surface area contributed by atoms with Crippen LogP contribution in [0.1, 0.15) is 37.8 Å². The summed E-state index contributed by atoms with van der Waals surface area (Å²) in [6.07, 6.45) is 5.90. The lowest BCUT2D eigenvalue weighted by Gasteiger charge is -2.27. The zero-order valence-corrected chi connectivity index (χ0v) is 13.3. The molecule has 2 rings (SSSR count). The number of amides is 2. The molecule has 1 unspecified atom stereocenters. The maximum absolute atomic E-state index is 12.4. The summed E-state index contributed by atoms with van der Waals surface area (Å²) in [5, 5.41) is 3.05. The standard InChI is InChI=1S/C18H24N2O2/c1-14-9-5-3-8-12-17(21)19-16(13-20(2)18(14)22)15-10-6-4-7-11-15/h3-7,10-11,14,16H,8-9,12-13H2,1-2H3,(H,19,21)/b5-3+/t14-,16?/m1/s1.